The fourth-order valence-corrected chi connectivity index (χ4v) is 4.52. The Balaban J connectivity index is 1.41. The van der Waals surface area contributed by atoms with Crippen LogP contribution in [-0.4, -0.2) is 48.0 Å². The molecule has 31 heavy (non-hydrogen) atoms. The summed E-state index contributed by atoms with van der Waals surface area (Å²) in [5.41, 5.74) is 4.25. The van der Waals surface area contributed by atoms with E-state index in [1.807, 2.05) is 18.2 Å². The van der Waals surface area contributed by atoms with Gasteiger partial charge in [-0.05, 0) is 62.0 Å². The summed E-state index contributed by atoms with van der Waals surface area (Å²) in [5, 5.41) is 6.52. The van der Waals surface area contributed by atoms with Gasteiger partial charge in [0.2, 0.25) is 6.79 Å². The first-order valence-electron chi connectivity index (χ1n) is 11.2. The number of rotatable bonds is 4. The molecule has 5 rings (SSSR count). The van der Waals surface area contributed by atoms with Gasteiger partial charge in [0.1, 0.15) is 0 Å². The van der Waals surface area contributed by atoms with Crippen molar-refractivity contribution in [2.45, 2.75) is 39.2 Å². The van der Waals surface area contributed by atoms with Crippen molar-refractivity contribution in [2.24, 2.45) is 11.0 Å². The number of hydrazone groups is 1. The molecule has 6 heteroatoms. The van der Waals surface area contributed by atoms with Crippen LogP contribution in [0.5, 0.6) is 11.5 Å². The third kappa shape index (κ3) is 4.17. The third-order valence-corrected chi connectivity index (χ3v) is 6.57. The van der Waals surface area contributed by atoms with E-state index in [-0.39, 0.29) is 18.7 Å². The molecule has 6 nitrogen and oxygen atoms in total. The lowest BCUT2D eigenvalue weighted by Gasteiger charge is -2.31. The first-order chi connectivity index (χ1) is 15.1. The Morgan fingerprint density at radius 1 is 1.06 bits per heavy atom. The second-order valence-electron chi connectivity index (χ2n) is 8.94. The minimum Gasteiger partial charge on any atom is -0.454 e. The molecule has 162 valence electrons. The van der Waals surface area contributed by atoms with Crippen molar-refractivity contribution in [1.29, 1.82) is 0 Å². The van der Waals surface area contributed by atoms with Gasteiger partial charge >= 0.3 is 0 Å². The lowest BCUT2D eigenvalue weighted by atomic mass is 9.97. The monoisotopic (exact) mass is 419 g/mol. The van der Waals surface area contributed by atoms with Gasteiger partial charge in [-0.1, -0.05) is 42.8 Å². The average molecular weight is 420 g/mol. The van der Waals surface area contributed by atoms with E-state index in [1.165, 1.54) is 5.56 Å². The molecule has 1 amide bonds. The van der Waals surface area contributed by atoms with Gasteiger partial charge in [0.25, 0.3) is 5.91 Å². The fourth-order valence-electron chi connectivity index (χ4n) is 4.52. The first-order valence-corrected chi connectivity index (χ1v) is 11.2. The van der Waals surface area contributed by atoms with Gasteiger partial charge < -0.3 is 9.47 Å². The fraction of sp³-hybridized carbons (Fsp3) is 0.440. The maximum absolute atomic E-state index is 13.4. The molecule has 2 aromatic carbocycles. The maximum atomic E-state index is 13.4. The molecule has 1 atom stereocenters. The van der Waals surface area contributed by atoms with Crippen LogP contribution in [0, 0.1) is 12.8 Å². The Morgan fingerprint density at radius 2 is 1.81 bits per heavy atom. The summed E-state index contributed by atoms with van der Waals surface area (Å²) in [6, 6.07) is 14.2. The number of likely N-dealkylation sites (tertiary alicyclic amines) is 1. The van der Waals surface area contributed by atoms with Gasteiger partial charge in [0.15, 0.2) is 11.5 Å². The van der Waals surface area contributed by atoms with Crippen molar-refractivity contribution < 1.29 is 14.3 Å². The SMILES string of the molecule is Cc1ccc(C2=NN(C(=O)CN3CCC(C)CC3)[C@@H](c3ccc4c(c3)OCO4)C2)cc1. The molecule has 0 bridgehead atoms. The number of amides is 1. The zero-order chi connectivity index (χ0) is 21.4. The Hall–Kier alpha value is -2.86. The average Bonchev–Trinajstić information content (AvgIpc) is 3.42. The topological polar surface area (TPSA) is 54.4 Å². The molecule has 3 heterocycles. The van der Waals surface area contributed by atoms with E-state index in [9.17, 15) is 4.79 Å². The smallest absolute Gasteiger partial charge is 0.257 e. The van der Waals surface area contributed by atoms with Gasteiger partial charge in [-0.3, -0.25) is 9.69 Å². The van der Waals surface area contributed by atoms with E-state index >= 15 is 0 Å². The molecule has 0 N–H and O–H groups in total. The second-order valence-corrected chi connectivity index (χ2v) is 8.94. The van der Waals surface area contributed by atoms with Crippen molar-refractivity contribution in [2.75, 3.05) is 26.4 Å². The summed E-state index contributed by atoms with van der Waals surface area (Å²) >= 11 is 0. The molecule has 0 saturated carbocycles. The van der Waals surface area contributed by atoms with E-state index in [1.54, 1.807) is 5.01 Å². The van der Waals surface area contributed by atoms with Crippen LogP contribution < -0.4 is 9.47 Å². The Morgan fingerprint density at radius 3 is 2.58 bits per heavy atom. The van der Waals surface area contributed by atoms with E-state index in [2.05, 4.69) is 43.0 Å². The van der Waals surface area contributed by atoms with Crippen LogP contribution >= 0.6 is 0 Å². The summed E-state index contributed by atoms with van der Waals surface area (Å²) in [5.74, 6) is 2.28. The van der Waals surface area contributed by atoms with Gasteiger partial charge in [-0.15, -0.1) is 0 Å². The number of ether oxygens (including phenoxy) is 2. The quantitative estimate of drug-likeness (QED) is 0.748. The van der Waals surface area contributed by atoms with Gasteiger partial charge in [-0.25, -0.2) is 5.01 Å². The molecule has 0 unspecified atom stereocenters. The zero-order valence-corrected chi connectivity index (χ0v) is 18.2. The van der Waals surface area contributed by atoms with Gasteiger partial charge in [0.05, 0.1) is 18.3 Å². The largest absolute Gasteiger partial charge is 0.454 e. The normalized spacial score (nSPS) is 21.4. The van der Waals surface area contributed by atoms with E-state index < -0.39 is 0 Å². The van der Waals surface area contributed by atoms with Crippen LogP contribution in [0.1, 0.15) is 48.9 Å². The van der Waals surface area contributed by atoms with E-state index in [0.29, 0.717) is 13.0 Å². The number of carbonyl (C=O) groups excluding carboxylic acids is 1. The van der Waals surface area contributed by atoms with E-state index in [0.717, 1.165) is 60.2 Å². The molecular formula is C25H29N3O3. The Kier molecular flexibility index (Phi) is 5.40. The van der Waals surface area contributed by atoms with Crippen LogP contribution in [-0.2, 0) is 4.79 Å². The summed E-state index contributed by atoms with van der Waals surface area (Å²) in [6.45, 7) is 6.97. The van der Waals surface area contributed by atoms with Crippen LogP contribution in [0.4, 0.5) is 0 Å². The van der Waals surface area contributed by atoms with Crippen molar-refractivity contribution >= 4 is 11.6 Å². The highest BCUT2D eigenvalue weighted by atomic mass is 16.7. The minimum atomic E-state index is -0.137. The zero-order valence-electron chi connectivity index (χ0n) is 18.2. The Bertz CT molecular complexity index is 994. The van der Waals surface area contributed by atoms with Gasteiger partial charge in [-0.2, -0.15) is 5.10 Å². The molecule has 3 aliphatic heterocycles. The molecule has 0 radical (unpaired) electrons. The molecule has 2 aromatic rings. The lowest BCUT2D eigenvalue weighted by Crippen LogP contribution is -2.41. The van der Waals surface area contributed by atoms with Crippen molar-refractivity contribution in [3.8, 4) is 11.5 Å². The van der Waals surface area contributed by atoms with Gasteiger partial charge in [0, 0.05) is 6.42 Å². The summed E-state index contributed by atoms with van der Waals surface area (Å²) < 4.78 is 11.0. The maximum Gasteiger partial charge on any atom is 0.257 e. The van der Waals surface area contributed by atoms with E-state index in [4.69, 9.17) is 14.6 Å². The third-order valence-electron chi connectivity index (χ3n) is 6.57. The summed E-state index contributed by atoms with van der Waals surface area (Å²) in [6.07, 6.45) is 2.99. The summed E-state index contributed by atoms with van der Waals surface area (Å²) in [7, 11) is 0. The lowest BCUT2D eigenvalue weighted by molar-refractivity contribution is -0.134. The van der Waals surface area contributed by atoms with Crippen LogP contribution in [0.2, 0.25) is 0 Å². The molecule has 1 saturated heterocycles. The number of benzene rings is 2. The number of hydrogen-bond acceptors (Lipinski definition) is 5. The minimum absolute atomic E-state index is 0.0549. The number of carbonyl (C=O) groups is 1. The highest BCUT2D eigenvalue weighted by Crippen LogP contribution is 2.39. The van der Waals surface area contributed by atoms with Crippen molar-refractivity contribution in [1.82, 2.24) is 9.91 Å². The second kappa shape index (κ2) is 8.35. The number of hydrogen-bond donors (Lipinski definition) is 0. The predicted molar refractivity (Wildman–Crippen MR) is 119 cm³/mol. The molecule has 0 aromatic heterocycles. The number of piperidine rings is 1. The van der Waals surface area contributed by atoms with Crippen LogP contribution in [0.15, 0.2) is 47.6 Å². The first kappa shape index (κ1) is 20.1. The number of aryl methyl sites for hydroxylation is 1. The highest BCUT2D eigenvalue weighted by molar-refractivity contribution is 6.03. The Labute approximate surface area is 183 Å². The van der Waals surface area contributed by atoms with Crippen molar-refractivity contribution in [3.63, 3.8) is 0 Å². The highest BCUT2D eigenvalue weighted by Gasteiger charge is 2.35. The standard InChI is InChI=1S/C25H29N3O3/c1-17-3-5-19(6-4-17)21-14-22(20-7-8-23-24(13-20)31-16-30-23)28(26-21)25(29)15-27-11-9-18(2)10-12-27/h3-8,13,18,22H,9-12,14-16H2,1-2H3/t22-/m1/s1. The summed E-state index contributed by atoms with van der Waals surface area (Å²) in [4.78, 5) is 15.6. The number of fused-ring (bicyclic) bond motifs is 1. The molecule has 0 spiro atoms. The molecule has 0 aliphatic carbocycles. The predicted octanol–water partition coefficient (Wildman–Crippen LogP) is 4.13. The number of nitrogens with zero attached hydrogens (tertiary/aromatic N) is 3. The molecule has 3 aliphatic rings. The molecular weight excluding hydrogens is 390 g/mol. The van der Waals surface area contributed by atoms with Crippen molar-refractivity contribution in [3.05, 3.63) is 59.2 Å². The van der Waals surface area contributed by atoms with Crippen LogP contribution in [0.3, 0.4) is 0 Å². The van der Waals surface area contributed by atoms with Crippen LogP contribution in [0.25, 0.3) is 0 Å². The molecule has 1 fully saturated rings.